The number of ether oxygens (including phenoxy) is 2. The number of benzene rings is 1. The van der Waals surface area contributed by atoms with Crippen LogP contribution in [0.1, 0.15) is 49.4 Å². The molecule has 27 heavy (non-hydrogen) atoms. The van der Waals surface area contributed by atoms with E-state index in [0.717, 1.165) is 38.7 Å². The molecule has 1 heterocycles. The van der Waals surface area contributed by atoms with Crippen LogP contribution in [-0.4, -0.2) is 53.3 Å². The van der Waals surface area contributed by atoms with Gasteiger partial charge in [-0.2, -0.15) is 0 Å². The number of carbonyl (C=O) groups excluding carboxylic acids is 1. The molecular weight excluding hydrogens is 368 g/mol. The Kier molecular flexibility index (Phi) is 9.20. The van der Waals surface area contributed by atoms with E-state index >= 15 is 0 Å². The number of sulfonamides is 1. The molecule has 0 radical (unpaired) electrons. The summed E-state index contributed by atoms with van der Waals surface area (Å²) < 4.78 is 38.0. The van der Waals surface area contributed by atoms with Gasteiger partial charge >= 0.3 is 0 Å². The fraction of sp³-hybridized carbons (Fsp3) is 0.632. The van der Waals surface area contributed by atoms with Gasteiger partial charge in [-0.05, 0) is 49.9 Å². The zero-order valence-electron chi connectivity index (χ0n) is 15.9. The molecule has 1 aliphatic heterocycles. The molecule has 1 aromatic rings. The van der Waals surface area contributed by atoms with Crippen LogP contribution in [0, 0.1) is 0 Å². The molecule has 7 nitrogen and oxygen atoms in total. The number of nitrogens with one attached hydrogen (secondary N) is 2. The first-order valence-corrected chi connectivity index (χ1v) is 11.1. The quantitative estimate of drug-likeness (QED) is 0.526. The highest BCUT2D eigenvalue weighted by molar-refractivity contribution is 7.89. The first-order valence-electron chi connectivity index (χ1n) is 9.60. The Morgan fingerprint density at radius 3 is 2.63 bits per heavy atom. The van der Waals surface area contributed by atoms with Crippen molar-refractivity contribution in [3.63, 3.8) is 0 Å². The van der Waals surface area contributed by atoms with Crippen LogP contribution >= 0.6 is 0 Å². The normalized spacial score (nSPS) is 17.1. The standard InChI is InChI=1S/C19H30N2O5S/c1-2-3-12-25-13-5-11-20-19(22)16-7-9-18(10-8-16)27(23,24)21-15-17-6-4-14-26-17/h7-10,17,21H,2-6,11-15H2,1H3,(H,20,22). The van der Waals surface area contributed by atoms with Crippen molar-refractivity contribution in [1.82, 2.24) is 10.0 Å². The number of unbranched alkanes of at least 4 members (excludes halogenated alkanes) is 1. The second-order valence-electron chi connectivity index (χ2n) is 6.59. The van der Waals surface area contributed by atoms with E-state index in [1.165, 1.54) is 24.3 Å². The Labute approximate surface area is 161 Å². The molecule has 1 aromatic carbocycles. The average Bonchev–Trinajstić information content (AvgIpc) is 3.19. The fourth-order valence-corrected chi connectivity index (χ4v) is 3.77. The number of hydrogen-bond donors (Lipinski definition) is 2. The zero-order chi connectivity index (χ0) is 19.5. The van der Waals surface area contributed by atoms with Crippen molar-refractivity contribution >= 4 is 15.9 Å². The van der Waals surface area contributed by atoms with Gasteiger partial charge in [0, 0.05) is 38.5 Å². The Balaban J connectivity index is 1.75. The summed E-state index contributed by atoms with van der Waals surface area (Å²) in [5, 5.41) is 2.81. The van der Waals surface area contributed by atoms with Crippen molar-refractivity contribution in [3.8, 4) is 0 Å². The van der Waals surface area contributed by atoms with Gasteiger partial charge < -0.3 is 14.8 Å². The summed E-state index contributed by atoms with van der Waals surface area (Å²) in [5.41, 5.74) is 0.431. The van der Waals surface area contributed by atoms with E-state index < -0.39 is 10.0 Å². The summed E-state index contributed by atoms with van der Waals surface area (Å²) in [6.07, 6.45) is 4.66. The second-order valence-corrected chi connectivity index (χ2v) is 8.35. The minimum atomic E-state index is -3.60. The molecule has 1 amide bonds. The molecular formula is C19H30N2O5S. The van der Waals surface area contributed by atoms with Crippen molar-refractivity contribution in [3.05, 3.63) is 29.8 Å². The molecule has 0 aromatic heterocycles. The Morgan fingerprint density at radius 1 is 1.22 bits per heavy atom. The van der Waals surface area contributed by atoms with Crippen LogP contribution in [0.25, 0.3) is 0 Å². The van der Waals surface area contributed by atoms with Crippen molar-refractivity contribution in [2.75, 3.05) is 32.9 Å². The van der Waals surface area contributed by atoms with Crippen LogP contribution in [0.4, 0.5) is 0 Å². The molecule has 0 saturated carbocycles. The van der Waals surface area contributed by atoms with E-state index in [2.05, 4.69) is 17.0 Å². The van der Waals surface area contributed by atoms with Gasteiger partial charge in [-0.15, -0.1) is 0 Å². The van der Waals surface area contributed by atoms with Gasteiger partial charge in [-0.3, -0.25) is 4.79 Å². The van der Waals surface area contributed by atoms with Gasteiger partial charge in [-0.1, -0.05) is 13.3 Å². The summed E-state index contributed by atoms with van der Waals surface area (Å²) in [4.78, 5) is 12.2. The van der Waals surface area contributed by atoms with E-state index in [4.69, 9.17) is 9.47 Å². The number of hydrogen-bond acceptors (Lipinski definition) is 5. The molecule has 152 valence electrons. The van der Waals surface area contributed by atoms with E-state index in [1.807, 2.05) is 0 Å². The first-order chi connectivity index (χ1) is 13.0. The summed E-state index contributed by atoms with van der Waals surface area (Å²) in [6, 6.07) is 5.93. The molecule has 1 atom stereocenters. The van der Waals surface area contributed by atoms with Crippen LogP contribution in [-0.2, 0) is 19.5 Å². The molecule has 1 unspecified atom stereocenters. The highest BCUT2D eigenvalue weighted by atomic mass is 32.2. The topological polar surface area (TPSA) is 93.7 Å². The number of amides is 1. The van der Waals surface area contributed by atoms with Gasteiger partial charge in [0.15, 0.2) is 0 Å². The summed E-state index contributed by atoms with van der Waals surface area (Å²) in [5.74, 6) is -0.222. The van der Waals surface area contributed by atoms with Gasteiger partial charge in [0.1, 0.15) is 0 Å². The Bertz CT molecular complexity index is 670. The van der Waals surface area contributed by atoms with E-state index in [0.29, 0.717) is 25.3 Å². The first kappa shape index (κ1) is 21.8. The van der Waals surface area contributed by atoms with Gasteiger partial charge in [0.2, 0.25) is 10.0 Å². The van der Waals surface area contributed by atoms with Crippen LogP contribution in [0.3, 0.4) is 0 Å². The van der Waals surface area contributed by atoms with E-state index in [1.54, 1.807) is 0 Å². The van der Waals surface area contributed by atoms with Gasteiger partial charge in [-0.25, -0.2) is 13.1 Å². The molecule has 0 bridgehead atoms. The summed E-state index contributed by atoms with van der Waals surface area (Å²) >= 11 is 0. The number of carbonyl (C=O) groups is 1. The van der Waals surface area contributed by atoms with Gasteiger partial charge in [0.25, 0.3) is 5.91 Å². The van der Waals surface area contributed by atoms with Crippen molar-refractivity contribution in [1.29, 1.82) is 0 Å². The third-order valence-corrected chi connectivity index (χ3v) is 5.78. The lowest BCUT2D eigenvalue weighted by Gasteiger charge is -2.12. The van der Waals surface area contributed by atoms with E-state index in [9.17, 15) is 13.2 Å². The lowest BCUT2D eigenvalue weighted by molar-refractivity contribution is 0.0940. The maximum absolute atomic E-state index is 12.3. The van der Waals surface area contributed by atoms with Crippen molar-refractivity contribution in [2.45, 2.75) is 50.0 Å². The van der Waals surface area contributed by atoms with Crippen LogP contribution < -0.4 is 10.0 Å². The molecule has 2 N–H and O–H groups in total. The minimum absolute atomic E-state index is 0.0595. The SMILES string of the molecule is CCCCOCCCNC(=O)c1ccc(S(=O)(=O)NCC2CCCO2)cc1. The lowest BCUT2D eigenvalue weighted by atomic mass is 10.2. The molecule has 1 saturated heterocycles. The third-order valence-electron chi connectivity index (χ3n) is 4.35. The van der Waals surface area contributed by atoms with Crippen LogP contribution in [0.2, 0.25) is 0 Å². The Morgan fingerprint density at radius 2 is 1.96 bits per heavy atom. The van der Waals surface area contributed by atoms with Gasteiger partial charge in [0.05, 0.1) is 11.0 Å². The maximum Gasteiger partial charge on any atom is 0.251 e. The number of rotatable bonds is 12. The average molecular weight is 399 g/mol. The molecule has 1 fully saturated rings. The minimum Gasteiger partial charge on any atom is -0.381 e. The predicted molar refractivity (Wildman–Crippen MR) is 103 cm³/mol. The molecule has 8 heteroatoms. The van der Waals surface area contributed by atoms with E-state index in [-0.39, 0.29) is 23.5 Å². The third kappa shape index (κ3) is 7.57. The maximum atomic E-state index is 12.3. The van der Waals surface area contributed by atoms with Crippen LogP contribution in [0.5, 0.6) is 0 Å². The Hall–Kier alpha value is -1.48. The lowest BCUT2D eigenvalue weighted by Crippen LogP contribution is -2.32. The van der Waals surface area contributed by atoms with Crippen molar-refractivity contribution in [2.24, 2.45) is 0 Å². The second kappa shape index (κ2) is 11.4. The summed E-state index contributed by atoms with van der Waals surface area (Å²) in [6.45, 7) is 4.95. The summed E-state index contributed by atoms with van der Waals surface area (Å²) in [7, 11) is -3.60. The largest absolute Gasteiger partial charge is 0.381 e. The molecule has 0 spiro atoms. The smallest absolute Gasteiger partial charge is 0.251 e. The van der Waals surface area contributed by atoms with Crippen LogP contribution in [0.15, 0.2) is 29.2 Å². The predicted octanol–water partition coefficient (Wildman–Crippen LogP) is 2.08. The van der Waals surface area contributed by atoms with Crippen molar-refractivity contribution < 1.29 is 22.7 Å². The molecule has 1 aliphatic rings. The molecule has 2 rings (SSSR count). The molecule has 0 aliphatic carbocycles. The highest BCUT2D eigenvalue weighted by Crippen LogP contribution is 2.14. The zero-order valence-corrected chi connectivity index (χ0v) is 16.7. The fourth-order valence-electron chi connectivity index (χ4n) is 2.70. The highest BCUT2D eigenvalue weighted by Gasteiger charge is 2.20. The monoisotopic (exact) mass is 398 g/mol.